The van der Waals surface area contributed by atoms with Gasteiger partial charge in [0.1, 0.15) is 5.82 Å². The molecule has 0 fully saturated rings. The summed E-state index contributed by atoms with van der Waals surface area (Å²) in [4.78, 5) is 0. The topological polar surface area (TPSA) is 26.0 Å². The molecule has 0 aromatic heterocycles. The molecule has 20 heavy (non-hydrogen) atoms. The third-order valence-electron chi connectivity index (χ3n) is 3.48. The maximum atomic E-state index is 13.9. The summed E-state index contributed by atoms with van der Waals surface area (Å²) in [6, 6.07) is 13.5. The largest absolute Gasteiger partial charge is 0.330 e. The van der Waals surface area contributed by atoms with Gasteiger partial charge in [0.2, 0.25) is 0 Å². The predicted octanol–water partition coefficient (Wildman–Crippen LogP) is 4.15. The molecule has 2 aromatic rings. The van der Waals surface area contributed by atoms with Crippen molar-refractivity contribution in [1.29, 1.82) is 0 Å². The van der Waals surface area contributed by atoms with Gasteiger partial charge in [-0.05, 0) is 49.4 Å². The highest BCUT2D eigenvalue weighted by Crippen LogP contribution is 2.22. The molecule has 3 heteroatoms. The Bertz CT molecular complexity index is 583. The first-order valence-electron chi connectivity index (χ1n) is 6.78. The van der Waals surface area contributed by atoms with Crippen LogP contribution in [-0.4, -0.2) is 6.54 Å². The molecule has 0 spiro atoms. The van der Waals surface area contributed by atoms with Gasteiger partial charge in [-0.2, -0.15) is 0 Å². The van der Waals surface area contributed by atoms with E-state index in [0.717, 1.165) is 6.42 Å². The number of benzene rings is 2. The van der Waals surface area contributed by atoms with E-state index < -0.39 is 0 Å². The minimum Gasteiger partial charge on any atom is -0.330 e. The van der Waals surface area contributed by atoms with Crippen LogP contribution in [0.3, 0.4) is 0 Å². The Morgan fingerprint density at radius 3 is 2.60 bits per heavy atom. The summed E-state index contributed by atoms with van der Waals surface area (Å²) in [6.45, 7) is 2.59. The van der Waals surface area contributed by atoms with Crippen molar-refractivity contribution in [2.45, 2.75) is 19.8 Å². The Kier molecular flexibility index (Phi) is 5.16. The molecule has 1 atom stereocenters. The van der Waals surface area contributed by atoms with Gasteiger partial charge in [-0.15, -0.1) is 0 Å². The van der Waals surface area contributed by atoms with Crippen molar-refractivity contribution in [3.63, 3.8) is 0 Å². The summed E-state index contributed by atoms with van der Waals surface area (Å²) < 4.78 is 13.9. The van der Waals surface area contributed by atoms with E-state index in [-0.39, 0.29) is 16.8 Å². The molecule has 2 N–H and O–H groups in total. The van der Waals surface area contributed by atoms with Crippen LogP contribution in [-0.2, 0) is 12.8 Å². The molecule has 1 nitrogen and oxygen atoms in total. The summed E-state index contributed by atoms with van der Waals surface area (Å²) >= 11 is 5.82. The summed E-state index contributed by atoms with van der Waals surface area (Å²) in [5.41, 5.74) is 8.95. The maximum Gasteiger partial charge on any atom is 0.144 e. The number of rotatable bonds is 5. The van der Waals surface area contributed by atoms with Gasteiger partial charge in [-0.3, -0.25) is 0 Å². The lowest BCUT2D eigenvalue weighted by Crippen LogP contribution is -2.20. The van der Waals surface area contributed by atoms with Gasteiger partial charge in [0, 0.05) is 0 Å². The van der Waals surface area contributed by atoms with E-state index in [4.69, 9.17) is 17.3 Å². The zero-order chi connectivity index (χ0) is 14.5. The van der Waals surface area contributed by atoms with Gasteiger partial charge in [0.15, 0.2) is 0 Å². The molecule has 2 aromatic carbocycles. The highest BCUT2D eigenvalue weighted by molar-refractivity contribution is 6.30. The van der Waals surface area contributed by atoms with Gasteiger partial charge >= 0.3 is 0 Å². The molecule has 0 heterocycles. The Morgan fingerprint density at radius 1 is 1.15 bits per heavy atom. The summed E-state index contributed by atoms with van der Waals surface area (Å²) in [7, 11) is 0. The van der Waals surface area contributed by atoms with Crippen LogP contribution in [0, 0.1) is 18.7 Å². The van der Waals surface area contributed by atoms with Crippen molar-refractivity contribution in [3.8, 4) is 0 Å². The molecular weight excluding hydrogens is 273 g/mol. The molecule has 0 aliphatic rings. The van der Waals surface area contributed by atoms with Crippen molar-refractivity contribution in [1.82, 2.24) is 0 Å². The lowest BCUT2D eigenvalue weighted by molar-refractivity contribution is 0.512. The fourth-order valence-electron chi connectivity index (χ4n) is 2.43. The van der Waals surface area contributed by atoms with Crippen molar-refractivity contribution in [2.24, 2.45) is 11.7 Å². The summed E-state index contributed by atoms with van der Waals surface area (Å²) in [5, 5.41) is 0.175. The standard InChI is InChI=1S/C17H19ClFN/c1-12-4-2-5-13(8-12)9-14(11-20)10-15-6-3-7-16(18)17(15)19/h2-8,14H,9-11,20H2,1H3. The fourth-order valence-corrected chi connectivity index (χ4v) is 2.62. The number of halogens is 2. The van der Waals surface area contributed by atoms with Crippen LogP contribution < -0.4 is 5.73 Å². The second-order valence-corrected chi connectivity index (χ2v) is 5.62. The monoisotopic (exact) mass is 291 g/mol. The van der Waals surface area contributed by atoms with Crippen LogP contribution in [0.2, 0.25) is 5.02 Å². The van der Waals surface area contributed by atoms with Crippen LogP contribution in [0.1, 0.15) is 16.7 Å². The highest BCUT2D eigenvalue weighted by Gasteiger charge is 2.13. The van der Waals surface area contributed by atoms with Crippen LogP contribution in [0.25, 0.3) is 0 Å². The minimum absolute atomic E-state index is 0.175. The van der Waals surface area contributed by atoms with E-state index in [1.165, 1.54) is 11.1 Å². The Labute approximate surface area is 124 Å². The zero-order valence-corrected chi connectivity index (χ0v) is 12.3. The molecular formula is C17H19ClFN. The van der Waals surface area contributed by atoms with Gasteiger partial charge in [0.05, 0.1) is 5.02 Å². The molecule has 0 aliphatic carbocycles. The lowest BCUT2D eigenvalue weighted by Gasteiger charge is -2.16. The fraction of sp³-hybridized carbons (Fsp3) is 0.294. The first kappa shape index (κ1) is 15.0. The average molecular weight is 292 g/mol. The number of aryl methyl sites for hydroxylation is 1. The number of hydrogen-bond donors (Lipinski definition) is 1. The van der Waals surface area contributed by atoms with Crippen molar-refractivity contribution in [3.05, 3.63) is 70.0 Å². The Morgan fingerprint density at radius 2 is 1.90 bits per heavy atom. The molecule has 0 radical (unpaired) electrons. The van der Waals surface area contributed by atoms with E-state index in [1.54, 1.807) is 18.2 Å². The zero-order valence-electron chi connectivity index (χ0n) is 11.6. The maximum absolute atomic E-state index is 13.9. The van der Waals surface area contributed by atoms with Gasteiger partial charge in [-0.25, -0.2) is 4.39 Å². The number of hydrogen-bond acceptors (Lipinski definition) is 1. The van der Waals surface area contributed by atoms with Crippen molar-refractivity contribution < 1.29 is 4.39 Å². The third-order valence-corrected chi connectivity index (χ3v) is 3.77. The van der Waals surface area contributed by atoms with Gasteiger partial charge in [0.25, 0.3) is 0 Å². The van der Waals surface area contributed by atoms with Gasteiger partial charge < -0.3 is 5.73 Å². The van der Waals surface area contributed by atoms with Crippen LogP contribution in [0.4, 0.5) is 4.39 Å². The Hall–Kier alpha value is -1.38. The normalized spacial score (nSPS) is 12.4. The SMILES string of the molecule is Cc1cccc(CC(CN)Cc2cccc(Cl)c2F)c1. The smallest absolute Gasteiger partial charge is 0.144 e. The molecule has 0 saturated carbocycles. The van der Waals surface area contributed by atoms with Crippen LogP contribution in [0.15, 0.2) is 42.5 Å². The quantitative estimate of drug-likeness (QED) is 0.880. The molecule has 2 rings (SSSR count). The van der Waals surface area contributed by atoms with E-state index in [9.17, 15) is 4.39 Å². The molecule has 0 saturated heterocycles. The third kappa shape index (κ3) is 3.81. The first-order valence-corrected chi connectivity index (χ1v) is 7.16. The molecule has 1 unspecified atom stereocenters. The lowest BCUT2D eigenvalue weighted by atomic mass is 9.92. The van der Waals surface area contributed by atoms with Crippen molar-refractivity contribution >= 4 is 11.6 Å². The highest BCUT2D eigenvalue weighted by atomic mass is 35.5. The predicted molar refractivity (Wildman–Crippen MR) is 82.5 cm³/mol. The molecule has 0 aliphatic heterocycles. The molecule has 0 bridgehead atoms. The Balaban J connectivity index is 2.11. The summed E-state index contributed by atoms with van der Waals surface area (Å²) in [5.74, 6) is -0.110. The van der Waals surface area contributed by atoms with E-state index in [1.807, 2.05) is 6.07 Å². The minimum atomic E-state index is -0.322. The van der Waals surface area contributed by atoms with Gasteiger partial charge in [-0.1, -0.05) is 53.6 Å². The molecule has 0 amide bonds. The second-order valence-electron chi connectivity index (χ2n) is 5.21. The molecule has 106 valence electrons. The van der Waals surface area contributed by atoms with Crippen molar-refractivity contribution in [2.75, 3.05) is 6.54 Å². The average Bonchev–Trinajstić information content (AvgIpc) is 2.43. The number of nitrogens with two attached hydrogens (primary N) is 1. The van der Waals surface area contributed by atoms with Crippen LogP contribution >= 0.6 is 11.6 Å². The summed E-state index contributed by atoms with van der Waals surface area (Å²) in [6.07, 6.45) is 1.46. The second kappa shape index (κ2) is 6.87. The first-order chi connectivity index (χ1) is 9.60. The van der Waals surface area contributed by atoms with E-state index >= 15 is 0 Å². The van der Waals surface area contributed by atoms with E-state index in [0.29, 0.717) is 18.5 Å². The van der Waals surface area contributed by atoms with E-state index in [2.05, 4.69) is 25.1 Å². The van der Waals surface area contributed by atoms with Crippen LogP contribution in [0.5, 0.6) is 0 Å².